The van der Waals surface area contributed by atoms with Gasteiger partial charge in [-0.15, -0.1) is 0 Å². The predicted octanol–water partition coefficient (Wildman–Crippen LogP) is 0.997. The molecule has 1 aliphatic heterocycles. The number of carbonyl (C=O) groups is 1. The van der Waals surface area contributed by atoms with Gasteiger partial charge in [0.05, 0.1) is 18.2 Å². The normalized spacial score (nSPS) is 22.2. The van der Waals surface area contributed by atoms with Gasteiger partial charge in [0.25, 0.3) is 0 Å². The molecule has 4 nitrogen and oxygen atoms in total. The summed E-state index contributed by atoms with van der Waals surface area (Å²) in [7, 11) is 0. The third kappa shape index (κ3) is 3.76. The van der Waals surface area contributed by atoms with Crippen molar-refractivity contribution in [3.05, 3.63) is 0 Å². The van der Waals surface area contributed by atoms with Crippen LogP contribution in [0.4, 0.5) is 0 Å². The van der Waals surface area contributed by atoms with E-state index in [1.54, 1.807) is 0 Å². The average Bonchev–Trinajstić information content (AvgIpc) is 2.13. The third-order valence-electron chi connectivity index (χ3n) is 2.78. The molecule has 1 atom stereocenters. The first-order valence-electron chi connectivity index (χ1n) is 6.00. The van der Waals surface area contributed by atoms with Gasteiger partial charge in [0, 0.05) is 13.1 Å². The zero-order chi connectivity index (χ0) is 12.3. The van der Waals surface area contributed by atoms with Crippen molar-refractivity contribution in [3.8, 4) is 0 Å². The van der Waals surface area contributed by atoms with Crippen LogP contribution >= 0.6 is 0 Å². The standard InChI is InChI=1S/C12H24N2O2/c1-9(2)7-10(13)11(15)14-5-6-16-12(3,4)8-14/h9-10H,5-8,13H2,1-4H3/t10-/m1/s1. The summed E-state index contributed by atoms with van der Waals surface area (Å²) >= 11 is 0. The summed E-state index contributed by atoms with van der Waals surface area (Å²) in [5, 5.41) is 0. The molecule has 0 aromatic rings. The Hall–Kier alpha value is -0.610. The smallest absolute Gasteiger partial charge is 0.239 e. The minimum atomic E-state index is -0.367. The summed E-state index contributed by atoms with van der Waals surface area (Å²) < 4.78 is 5.57. The van der Waals surface area contributed by atoms with Gasteiger partial charge in [-0.05, 0) is 26.2 Å². The van der Waals surface area contributed by atoms with E-state index in [9.17, 15) is 4.79 Å². The second kappa shape index (κ2) is 5.15. The Balaban J connectivity index is 2.53. The van der Waals surface area contributed by atoms with Crippen molar-refractivity contribution in [2.45, 2.75) is 45.8 Å². The SMILES string of the molecule is CC(C)C[C@@H](N)C(=O)N1CCOC(C)(C)C1. The number of hydrogen-bond donors (Lipinski definition) is 1. The number of nitrogens with two attached hydrogens (primary N) is 1. The van der Waals surface area contributed by atoms with E-state index in [0.29, 0.717) is 25.6 Å². The highest BCUT2D eigenvalue weighted by Crippen LogP contribution is 2.17. The first kappa shape index (κ1) is 13.5. The molecule has 0 aromatic carbocycles. The van der Waals surface area contributed by atoms with Crippen LogP contribution in [0.15, 0.2) is 0 Å². The predicted molar refractivity (Wildman–Crippen MR) is 64.0 cm³/mol. The summed E-state index contributed by atoms with van der Waals surface area (Å²) in [4.78, 5) is 13.9. The molecule has 2 N–H and O–H groups in total. The average molecular weight is 228 g/mol. The maximum atomic E-state index is 12.1. The first-order chi connectivity index (χ1) is 7.32. The maximum Gasteiger partial charge on any atom is 0.239 e. The molecule has 1 aliphatic rings. The van der Waals surface area contributed by atoms with Crippen molar-refractivity contribution in [1.29, 1.82) is 0 Å². The largest absolute Gasteiger partial charge is 0.372 e. The van der Waals surface area contributed by atoms with Crippen LogP contribution in [0.1, 0.15) is 34.1 Å². The quantitative estimate of drug-likeness (QED) is 0.784. The molecule has 1 amide bonds. The lowest BCUT2D eigenvalue weighted by Gasteiger charge is -2.39. The Morgan fingerprint density at radius 3 is 2.62 bits per heavy atom. The molecule has 1 fully saturated rings. The first-order valence-corrected chi connectivity index (χ1v) is 6.00. The van der Waals surface area contributed by atoms with Gasteiger partial charge >= 0.3 is 0 Å². The van der Waals surface area contributed by atoms with Crippen molar-refractivity contribution >= 4 is 5.91 Å². The zero-order valence-corrected chi connectivity index (χ0v) is 10.8. The Morgan fingerprint density at radius 1 is 1.50 bits per heavy atom. The van der Waals surface area contributed by atoms with Gasteiger partial charge in [-0.25, -0.2) is 0 Å². The van der Waals surface area contributed by atoms with E-state index in [1.165, 1.54) is 0 Å². The molecular formula is C12H24N2O2. The van der Waals surface area contributed by atoms with Crippen molar-refractivity contribution in [3.63, 3.8) is 0 Å². The lowest BCUT2D eigenvalue weighted by Crippen LogP contribution is -2.54. The van der Waals surface area contributed by atoms with E-state index in [4.69, 9.17) is 10.5 Å². The van der Waals surface area contributed by atoms with E-state index in [2.05, 4.69) is 13.8 Å². The van der Waals surface area contributed by atoms with Crippen LogP contribution < -0.4 is 5.73 Å². The second-order valence-corrected chi connectivity index (χ2v) is 5.60. The molecule has 0 saturated carbocycles. The second-order valence-electron chi connectivity index (χ2n) is 5.60. The summed E-state index contributed by atoms with van der Waals surface area (Å²) in [6, 6.07) is -0.367. The number of hydrogen-bond acceptors (Lipinski definition) is 3. The Kier molecular flexibility index (Phi) is 4.33. The van der Waals surface area contributed by atoms with Gasteiger partial charge < -0.3 is 15.4 Å². The summed E-state index contributed by atoms with van der Waals surface area (Å²) in [6.07, 6.45) is 0.747. The molecule has 0 radical (unpaired) electrons. The minimum absolute atomic E-state index is 0.0603. The Labute approximate surface area is 98.1 Å². The van der Waals surface area contributed by atoms with Gasteiger partial charge in [0.15, 0.2) is 0 Å². The minimum Gasteiger partial charge on any atom is -0.372 e. The molecule has 0 bridgehead atoms. The number of ether oxygens (including phenoxy) is 1. The van der Waals surface area contributed by atoms with Gasteiger partial charge in [0.2, 0.25) is 5.91 Å². The highest BCUT2D eigenvalue weighted by Gasteiger charge is 2.32. The fourth-order valence-electron chi connectivity index (χ4n) is 2.05. The lowest BCUT2D eigenvalue weighted by molar-refractivity contribution is -0.147. The van der Waals surface area contributed by atoms with Crippen molar-refractivity contribution in [1.82, 2.24) is 4.90 Å². The van der Waals surface area contributed by atoms with Crippen LogP contribution in [0.25, 0.3) is 0 Å². The fourth-order valence-corrected chi connectivity index (χ4v) is 2.05. The highest BCUT2D eigenvalue weighted by molar-refractivity contribution is 5.81. The molecule has 1 rings (SSSR count). The topological polar surface area (TPSA) is 55.6 Å². The van der Waals surface area contributed by atoms with E-state index in [-0.39, 0.29) is 17.6 Å². The van der Waals surface area contributed by atoms with Crippen LogP contribution in [0.2, 0.25) is 0 Å². The Morgan fingerprint density at radius 2 is 2.12 bits per heavy atom. The molecule has 94 valence electrons. The van der Waals surface area contributed by atoms with Crippen LogP contribution in [0.3, 0.4) is 0 Å². The van der Waals surface area contributed by atoms with Crippen molar-refractivity contribution < 1.29 is 9.53 Å². The van der Waals surface area contributed by atoms with E-state index >= 15 is 0 Å². The summed E-state index contributed by atoms with van der Waals surface area (Å²) in [5.74, 6) is 0.512. The lowest BCUT2D eigenvalue weighted by atomic mass is 10.0. The van der Waals surface area contributed by atoms with Gasteiger partial charge in [-0.2, -0.15) is 0 Å². The third-order valence-corrected chi connectivity index (χ3v) is 2.78. The van der Waals surface area contributed by atoms with E-state index in [0.717, 1.165) is 6.42 Å². The molecule has 1 heterocycles. The zero-order valence-electron chi connectivity index (χ0n) is 10.8. The molecule has 0 unspecified atom stereocenters. The maximum absolute atomic E-state index is 12.1. The highest BCUT2D eigenvalue weighted by atomic mass is 16.5. The van der Waals surface area contributed by atoms with E-state index in [1.807, 2.05) is 18.7 Å². The molecular weight excluding hydrogens is 204 g/mol. The monoisotopic (exact) mass is 228 g/mol. The number of amides is 1. The Bertz CT molecular complexity index is 251. The van der Waals surface area contributed by atoms with Crippen molar-refractivity contribution in [2.75, 3.05) is 19.7 Å². The van der Waals surface area contributed by atoms with Crippen LogP contribution in [0, 0.1) is 5.92 Å². The molecule has 4 heteroatoms. The number of morpholine rings is 1. The van der Waals surface area contributed by atoms with Crippen molar-refractivity contribution in [2.24, 2.45) is 11.7 Å². The molecule has 1 saturated heterocycles. The number of nitrogens with zero attached hydrogens (tertiary/aromatic N) is 1. The van der Waals surface area contributed by atoms with Crippen LogP contribution in [-0.2, 0) is 9.53 Å². The molecule has 0 aliphatic carbocycles. The summed E-state index contributed by atoms with van der Waals surface area (Å²) in [5.41, 5.74) is 5.66. The van der Waals surface area contributed by atoms with Gasteiger partial charge in [-0.1, -0.05) is 13.8 Å². The number of carbonyl (C=O) groups excluding carboxylic acids is 1. The number of rotatable bonds is 3. The molecule has 16 heavy (non-hydrogen) atoms. The van der Waals surface area contributed by atoms with Gasteiger partial charge in [-0.3, -0.25) is 4.79 Å². The molecule has 0 spiro atoms. The van der Waals surface area contributed by atoms with Gasteiger partial charge in [0.1, 0.15) is 0 Å². The van der Waals surface area contributed by atoms with Crippen LogP contribution in [0.5, 0.6) is 0 Å². The molecule has 0 aromatic heterocycles. The van der Waals surface area contributed by atoms with Crippen LogP contribution in [-0.4, -0.2) is 42.1 Å². The summed E-state index contributed by atoms with van der Waals surface area (Å²) in [6.45, 7) is 10.1. The van der Waals surface area contributed by atoms with E-state index < -0.39 is 0 Å². The fraction of sp³-hybridized carbons (Fsp3) is 0.917.